The number of unbranched alkanes of at least 4 members (excludes halogenated alkanes) is 3. The summed E-state index contributed by atoms with van der Waals surface area (Å²) in [4.78, 5) is 0. The topological polar surface area (TPSA) is 0 Å². The van der Waals surface area contributed by atoms with Gasteiger partial charge in [0.2, 0.25) is 0 Å². The average Bonchev–Trinajstić information content (AvgIpc) is 2.30. The molecule has 0 saturated carbocycles. The lowest BCUT2D eigenvalue weighted by molar-refractivity contribution is 0.416. The molecule has 0 heteroatoms. The van der Waals surface area contributed by atoms with Gasteiger partial charge < -0.3 is 0 Å². The summed E-state index contributed by atoms with van der Waals surface area (Å²) in [6.45, 7) is 13.4. The van der Waals surface area contributed by atoms with E-state index in [1.807, 2.05) is 0 Å². The number of hydrogen-bond donors (Lipinski definition) is 0. The van der Waals surface area contributed by atoms with Crippen molar-refractivity contribution in [3.63, 3.8) is 0 Å². The third-order valence-corrected chi connectivity index (χ3v) is 3.79. The van der Waals surface area contributed by atoms with E-state index in [1.165, 1.54) is 50.5 Å². The second-order valence-electron chi connectivity index (χ2n) is 5.44. The van der Waals surface area contributed by atoms with Crippen LogP contribution >= 0.6 is 0 Å². The Bertz CT molecular complexity index is 169. The van der Waals surface area contributed by atoms with Crippen molar-refractivity contribution < 1.29 is 0 Å². The molecule has 0 fully saturated rings. The normalized spacial score (nSPS) is 14.8. The molecular formula is C16H32. The molecule has 0 spiro atoms. The van der Waals surface area contributed by atoms with Crippen LogP contribution in [0, 0.1) is 11.8 Å². The van der Waals surface area contributed by atoms with Crippen LogP contribution in [-0.2, 0) is 0 Å². The standard InChI is InChI=1S/C16H32/c1-6-8-9-10-11-14(3)12-13-16(5)15(4)7-2/h14,16H,4,6-13H2,1-3,5H3. The maximum absolute atomic E-state index is 4.14. The molecule has 0 heterocycles. The van der Waals surface area contributed by atoms with Crippen molar-refractivity contribution in [2.24, 2.45) is 11.8 Å². The predicted molar refractivity (Wildman–Crippen MR) is 75.8 cm³/mol. The molecule has 16 heavy (non-hydrogen) atoms. The van der Waals surface area contributed by atoms with Gasteiger partial charge in [-0.15, -0.1) is 0 Å². The Balaban J connectivity index is 3.49. The van der Waals surface area contributed by atoms with E-state index < -0.39 is 0 Å². The first-order chi connectivity index (χ1) is 7.61. The molecule has 0 nitrogen and oxygen atoms in total. The van der Waals surface area contributed by atoms with Gasteiger partial charge >= 0.3 is 0 Å². The first kappa shape index (κ1) is 15.7. The van der Waals surface area contributed by atoms with Crippen molar-refractivity contribution in [1.82, 2.24) is 0 Å². The third kappa shape index (κ3) is 7.96. The minimum absolute atomic E-state index is 0.725. The summed E-state index contributed by atoms with van der Waals surface area (Å²) >= 11 is 0. The van der Waals surface area contributed by atoms with Gasteiger partial charge in [-0.2, -0.15) is 0 Å². The highest BCUT2D eigenvalue weighted by atomic mass is 14.1. The van der Waals surface area contributed by atoms with Crippen molar-refractivity contribution in [3.8, 4) is 0 Å². The summed E-state index contributed by atoms with van der Waals surface area (Å²) in [5.74, 6) is 1.63. The van der Waals surface area contributed by atoms with Gasteiger partial charge in [0.1, 0.15) is 0 Å². The van der Waals surface area contributed by atoms with Crippen molar-refractivity contribution in [2.45, 2.75) is 79.1 Å². The highest BCUT2D eigenvalue weighted by Crippen LogP contribution is 2.23. The van der Waals surface area contributed by atoms with E-state index in [1.54, 1.807) is 0 Å². The Morgan fingerprint density at radius 1 is 0.938 bits per heavy atom. The summed E-state index contributed by atoms with van der Waals surface area (Å²) in [6.07, 6.45) is 10.9. The van der Waals surface area contributed by atoms with Crippen LogP contribution in [0.25, 0.3) is 0 Å². The summed E-state index contributed by atoms with van der Waals surface area (Å²) in [6, 6.07) is 0. The van der Waals surface area contributed by atoms with Crippen LogP contribution in [0.15, 0.2) is 12.2 Å². The summed E-state index contributed by atoms with van der Waals surface area (Å²) in [5.41, 5.74) is 1.43. The van der Waals surface area contributed by atoms with Gasteiger partial charge in [0.05, 0.1) is 0 Å². The molecule has 0 aliphatic heterocycles. The molecule has 2 unspecified atom stereocenters. The highest BCUT2D eigenvalue weighted by molar-refractivity contribution is 4.97. The molecular weight excluding hydrogens is 192 g/mol. The van der Waals surface area contributed by atoms with E-state index in [-0.39, 0.29) is 0 Å². The Hall–Kier alpha value is -0.260. The lowest BCUT2D eigenvalue weighted by atomic mass is 9.90. The molecule has 2 atom stereocenters. The fourth-order valence-electron chi connectivity index (χ4n) is 2.15. The zero-order valence-electron chi connectivity index (χ0n) is 12.0. The van der Waals surface area contributed by atoms with Crippen LogP contribution in [0.1, 0.15) is 79.1 Å². The molecule has 0 aromatic heterocycles. The van der Waals surface area contributed by atoms with Crippen LogP contribution in [0.3, 0.4) is 0 Å². The minimum Gasteiger partial charge on any atom is -0.0996 e. The van der Waals surface area contributed by atoms with E-state index in [0.29, 0.717) is 0 Å². The van der Waals surface area contributed by atoms with Gasteiger partial charge in [0, 0.05) is 0 Å². The summed E-state index contributed by atoms with van der Waals surface area (Å²) < 4.78 is 0. The lowest BCUT2D eigenvalue weighted by Gasteiger charge is -2.16. The van der Waals surface area contributed by atoms with Crippen molar-refractivity contribution in [3.05, 3.63) is 12.2 Å². The van der Waals surface area contributed by atoms with Crippen molar-refractivity contribution >= 4 is 0 Å². The predicted octanol–water partition coefficient (Wildman–Crippen LogP) is 5.98. The summed E-state index contributed by atoms with van der Waals surface area (Å²) in [5, 5.41) is 0. The van der Waals surface area contributed by atoms with Gasteiger partial charge in [-0.1, -0.05) is 78.4 Å². The quantitative estimate of drug-likeness (QED) is 0.316. The van der Waals surface area contributed by atoms with Crippen molar-refractivity contribution in [2.75, 3.05) is 0 Å². The van der Waals surface area contributed by atoms with Gasteiger partial charge in [0.15, 0.2) is 0 Å². The van der Waals surface area contributed by atoms with Gasteiger partial charge in [0.25, 0.3) is 0 Å². The van der Waals surface area contributed by atoms with Crippen LogP contribution in [0.2, 0.25) is 0 Å². The first-order valence-corrected chi connectivity index (χ1v) is 7.29. The molecule has 0 saturated heterocycles. The lowest BCUT2D eigenvalue weighted by Crippen LogP contribution is -2.02. The number of hydrogen-bond acceptors (Lipinski definition) is 0. The van der Waals surface area contributed by atoms with Gasteiger partial charge in [-0.05, 0) is 24.7 Å². The van der Waals surface area contributed by atoms with Gasteiger partial charge in [-0.3, -0.25) is 0 Å². The molecule has 0 radical (unpaired) electrons. The first-order valence-electron chi connectivity index (χ1n) is 7.29. The molecule has 0 N–H and O–H groups in total. The van der Waals surface area contributed by atoms with Crippen LogP contribution in [0.4, 0.5) is 0 Å². The second-order valence-corrected chi connectivity index (χ2v) is 5.44. The largest absolute Gasteiger partial charge is 0.0996 e. The zero-order valence-corrected chi connectivity index (χ0v) is 12.0. The zero-order chi connectivity index (χ0) is 12.4. The monoisotopic (exact) mass is 224 g/mol. The van der Waals surface area contributed by atoms with E-state index in [2.05, 4.69) is 34.3 Å². The molecule has 0 aliphatic rings. The fraction of sp³-hybridized carbons (Fsp3) is 0.875. The van der Waals surface area contributed by atoms with E-state index in [4.69, 9.17) is 0 Å². The minimum atomic E-state index is 0.725. The molecule has 0 aliphatic carbocycles. The molecule has 0 bridgehead atoms. The SMILES string of the molecule is C=C(CC)C(C)CCC(C)CCCCCC. The van der Waals surface area contributed by atoms with E-state index in [9.17, 15) is 0 Å². The molecule has 96 valence electrons. The van der Waals surface area contributed by atoms with Crippen molar-refractivity contribution in [1.29, 1.82) is 0 Å². The fourth-order valence-corrected chi connectivity index (χ4v) is 2.15. The maximum atomic E-state index is 4.14. The molecule has 0 aromatic carbocycles. The second kappa shape index (κ2) is 9.93. The summed E-state index contributed by atoms with van der Waals surface area (Å²) in [7, 11) is 0. The Kier molecular flexibility index (Phi) is 9.77. The van der Waals surface area contributed by atoms with E-state index >= 15 is 0 Å². The molecule has 0 rings (SSSR count). The van der Waals surface area contributed by atoms with E-state index in [0.717, 1.165) is 18.3 Å². The smallest absolute Gasteiger partial charge is 0.0234 e. The Labute approximate surface area is 104 Å². The van der Waals surface area contributed by atoms with Gasteiger partial charge in [-0.25, -0.2) is 0 Å². The van der Waals surface area contributed by atoms with Crippen LogP contribution < -0.4 is 0 Å². The Morgan fingerprint density at radius 2 is 1.62 bits per heavy atom. The van der Waals surface area contributed by atoms with Crippen LogP contribution in [0.5, 0.6) is 0 Å². The van der Waals surface area contributed by atoms with Crippen LogP contribution in [-0.4, -0.2) is 0 Å². The highest BCUT2D eigenvalue weighted by Gasteiger charge is 2.08. The Morgan fingerprint density at radius 3 is 2.19 bits per heavy atom. The maximum Gasteiger partial charge on any atom is -0.0234 e. The number of allylic oxidation sites excluding steroid dienone is 1. The molecule has 0 aromatic rings. The number of rotatable bonds is 10. The third-order valence-electron chi connectivity index (χ3n) is 3.79. The molecule has 0 amide bonds. The average molecular weight is 224 g/mol.